The maximum atomic E-state index is 9.92. The second-order valence-corrected chi connectivity index (χ2v) is 8.34. The van der Waals surface area contributed by atoms with Crippen molar-refractivity contribution in [3.63, 3.8) is 0 Å². The SMILES string of the molecule is C[C@@]12CCC[C@H]1[C@@H]1CC=C3CC(O)C=C[C@]3(C)[C@H]1CC2. The van der Waals surface area contributed by atoms with E-state index in [-0.39, 0.29) is 11.5 Å². The third-order valence-corrected chi connectivity index (χ3v) is 7.41. The van der Waals surface area contributed by atoms with Crippen LogP contribution in [0.1, 0.15) is 58.8 Å². The average Bonchev–Trinajstić information content (AvgIpc) is 2.81. The zero-order valence-electron chi connectivity index (χ0n) is 12.9. The van der Waals surface area contributed by atoms with Crippen LogP contribution in [0, 0.1) is 28.6 Å². The highest BCUT2D eigenvalue weighted by Gasteiger charge is 2.54. The molecule has 2 saturated carbocycles. The van der Waals surface area contributed by atoms with E-state index in [9.17, 15) is 5.11 Å². The van der Waals surface area contributed by atoms with Gasteiger partial charge in [-0.25, -0.2) is 0 Å². The van der Waals surface area contributed by atoms with Gasteiger partial charge in [-0.1, -0.05) is 44.1 Å². The number of allylic oxidation sites excluding steroid dienone is 2. The minimum atomic E-state index is -0.244. The van der Waals surface area contributed by atoms with Crippen molar-refractivity contribution >= 4 is 0 Å². The van der Waals surface area contributed by atoms with E-state index in [2.05, 4.69) is 32.1 Å². The molecule has 0 aromatic carbocycles. The molecule has 4 rings (SSSR count). The highest BCUT2D eigenvalue weighted by atomic mass is 16.3. The number of aliphatic hydroxyl groups is 1. The Labute approximate surface area is 123 Å². The lowest BCUT2D eigenvalue weighted by molar-refractivity contribution is -0.00524. The summed E-state index contributed by atoms with van der Waals surface area (Å²) >= 11 is 0. The van der Waals surface area contributed by atoms with Crippen LogP contribution in [0.5, 0.6) is 0 Å². The smallest absolute Gasteiger partial charge is 0.0758 e. The molecule has 1 unspecified atom stereocenters. The van der Waals surface area contributed by atoms with Crippen molar-refractivity contribution in [2.75, 3.05) is 0 Å². The van der Waals surface area contributed by atoms with Gasteiger partial charge in [0, 0.05) is 5.41 Å². The topological polar surface area (TPSA) is 20.2 Å². The summed E-state index contributed by atoms with van der Waals surface area (Å²) in [5, 5.41) is 9.92. The summed E-state index contributed by atoms with van der Waals surface area (Å²) in [6, 6.07) is 0. The van der Waals surface area contributed by atoms with E-state index in [0.29, 0.717) is 5.41 Å². The molecule has 0 heterocycles. The molecule has 1 heteroatoms. The summed E-state index contributed by atoms with van der Waals surface area (Å²) in [7, 11) is 0. The first-order valence-electron chi connectivity index (χ1n) is 8.60. The number of fused-ring (bicyclic) bond motifs is 5. The number of hydrogen-bond acceptors (Lipinski definition) is 1. The van der Waals surface area contributed by atoms with Gasteiger partial charge in [-0.3, -0.25) is 0 Å². The van der Waals surface area contributed by atoms with Crippen LogP contribution in [0.3, 0.4) is 0 Å². The van der Waals surface area contributed by atoms with E-state index in [0.717, 1.165) is 24.2 Å². The maximum absolute atomic E-state index is 9.92. The summed E-state index contributed by atoms with van der Waals surface area (Å²) in [6.07, 6.45) is 16.0. The molecule has 20 heavy (non-hydrogen) atoms. The van der Waals surface area contributed by atoms with Gasteiger partial charge < -0.3 is 5.11 Å². The molecule has 6 atom stereocenters. The Morgan fingerprint density at radius 3 is 2.85 bits per heavy atom. The molecular formula is C19H28O. The van der Waals surface area contributed by atoms with Gasteiger partial charge in [-0.2, -0.15) is 0 Å². The van der Waals surface area contributed by atoms with Crippen LogP contribution < -0.4 is 0 Å². The fourth-order valence-corrected chi connectivity index (χ4v) is 6.23. The third-order valence-electron chi connectivity index (χ3n) is 7.41. The number of hydrogen-bond donors (Lipinski definition) is 1. The van der Waals surface area contributed by atoms with Crippen molar-refractivity contribution in [1.29, 1.82) is 0 Å². The van der Waals surface area contributed by atoms with E-state index in [1.165, 1.54) is 44.1 Å². The molecule has 2 fully saturated rings. The van der Waals surface area contributed by atoms with Gasteiger partial charge in [0.2, 0.25) is 0 Å². The number of rotatable bonds is 0. The van der Waals surface area contributed by atoms with Gasteiger partial charge in [0.1, 0.15) is 0 Å². The first-order chi connectivity index (χ1) is 9.53. The largest absolute Gasteiger partial charge is 0.389 e. The van der Waals surface area contributed by atoms with Crippen LogP contribution in [-0.4, -0.2) is 11.2 Å². The van der Waals surface area contributed by atoms with Gasteiger partial charge >= 0.3 is 0 Å². The van der Waals surface area contributed by atoms with Crippen molar-refractivity contribution < 1.29 is 5.11 Å². The van der Waals surface area contributed by atoms with Crippen molar-refractivity contribution in [3.05, 3.63) is 23.8 Å². The molecule has 0 aromatic rings. The second kappa shape index (κ2) is 4.22. The third kappa shape index (κ3) is 1.65. The van der Waals surface area contributed by atoms with Crippen molar-refractivity contribution in [2.45, 2.75) is 64.9 Å². The Bertz CT molecular complexity index is 476. The molecular weight excluding hydrogens is 244 g/mol. The summed E-state index contributed by atoms with van der Waals surface area (Å²) in [6.45, 7) is 5.00. The second-order valence-electron chi connectivity index (χ2n) is 8.34. The normalized spacial score (nSPS) is 53.9. The zero-order chi connectivity index (χ0) is 14.0. The lowest BCUT2D eigenvalue weighted by Gasteiger charge is -2.55. The zero-order valence-corrected chi connectivity index (χ0v) is 12.9. The van der Waals surface area contributed by atoms with Crippen LogP contribution in [0.4, 0.5) is 0 Å². The van der Waals surface area contributed by atoms with E-state index >= 15 is 0 Å². The van der Waals surface area contributed by atoms with E-state index in [1.54, 1.807) is 0 Å². The highest BCUT2D eigenvalue weighted by molar-refractivity contribution is 5.32. The lowest BCUT2D eigenvalue weighted by Crippen LogP contribution is -2.47. The Hall–Kier alpha value is -0.560. The molecule has 1 nitrogen and oxygen atoms in total. The molecule has 0 aromatic heterocycles. The maximum Gasteiger partial charge on any atom is 0.0758 e. The standard InChI is InChI=1S/C19H28O/c1-18-9-3-4-16(18)15-6-5-13-12-14(20)7-11-19(13,2)17(15)8-10-18/h5,7,11,14-17,20H,3-4,6,8-10,12H2,1-2H3/t14?,15-,16-,17-,18-,19-/m0/s1. The van der Waals surface area contributed by atoms with Crippen LogP contribution in [0.2, 0.25) is 0 Å². The first-order valence-corrected chi connectivity index (χ1v) is 8.60. The Morgan fingerprint density at radius 1 is 1.15 bits per heavy atom. The van der Waals surface area contributed by atoms with Gasteiger partial charge in [0.15, 0.2) is 0 Å². The monoisotopic (exact) mass is 272 g/mol. The van der Waals surface area contributed by atoms with Gasteiger partial charge in [-0.05, 0) is 61.7 Å². The summed E-state index contributed by atoms with van der Waals surface area (Å²) < 4.78 is 0. The molecule has 110 valence electrons. The van der Waals surface area contributed by atoms with Gasteiger partial charge in [-0.15, -0.1) is 0 Å². The van der Waals surface area contributed by atoms with Gasteiger partial charge in [0.25, 0.3) is 0 Å². The Kier molecular flexibility index (Phi) is 2.77. The van der Waals surface area contributed by atoms with Crippen molar-refractivity contribution in [1.82, 2.24) is 0 Å². The molecule has 4 aliphatic carbocycles. The van der Waals surface area contributed by atoms with Crippen LogP contribution in [-0.2, 0) is 0 Å². The lowest BCUT2D eigenvalue weighted by atomic mass is 9.49. The predicted octanol–water partition coefficient (Wildman–Crippen LogP) is 4.48. The molecule has 0 aliphatic heterocycles. The predicted molar refractivity (Wildman–Crippen MR) is 82.2 cm³/mol. The van der Waals surface area contributed by atoms with Crippen LogP contribution in [0.15, 0.2) is 23.8 Å². The van der Waals surface area contributed by atoms with Crippen molar-refractivity contribution in [3.8, 4) is 0 Å². The Morgan fingerprint density at radius 2 is 2.00 bits per heavy atom. The first kappa shape index (κ1) is 13.1. The molecule has 0 radical (unpaired) electrons. The van der Waals surface area contributed by atoms with E-state index in [1.807, 2.05) is 0 Å². The molecule has 4 aliphatic rings. The molecule has 0 amide bonds. The molecule has 0 saturated heterocycles. The van der Waals surface area contributed by atoms with E-state index in [4.69, 9.17) is 0 Å². The fourth-order valence-electron chi connectivity index (χ4n) is 6.23. The average molecular weight is 272 g/mol. The van der Waals surface area contributed by atoms with Crippen LogP contribution >= 0.6 is 0 Å². The van der Waals surface area contributed by atoms with Crippen molar-refractivity contribution in [2.24, 2.45) is 28.6 Å². The van der Waals surface area contributed by atoms with Gasteiger partial charge in [0.05, 0.1) is 6.10 Å². The van der Waals surface area contributed by atoms with Crippen LogP contribution in [0.25, 0.3) is 0 Å². The molecule has 0 spiro atoms. The molecule has 0 bridgehead atoms. The summed E-state index contributed by atoms with van der Waals surface area (Å²) in [5.74, 6) is 2.67. The number of aliphatic hydroxyl groups excluding tert-OH is 1. The fraction of sp³-hybridized carbons (Fsp3) is 0.789. The minimum absolute atomic E-state index is 0.242. The minimum Gasteiger partial charge on any atom is -0.389 e. The highest BCUT2D eigenvalue weighted by Crippen LogP contribution is 2.63. The molecule has 1 N–H and O–H groups in total. The summed E-state index contributed by atoms with van der Waals surface area (Å²) in [5.41, 5.74) is 2.41. The quantitative estimate of drug-likeness (QED) is 0.645. The Balaban J connectivity index is 1.71. The van der Waals surface area contributed by atoms with E-state index < -0.39 is 0 Å². The summed E-state index contributed by atoms with van der Waals surface area (Å²) in [4.78, 5) is 0.